The monoisotopic (exact) mass is 240 g/mol. The fraction of sp³-hybridized carbons (Fsp3) is 0.133. The second-order valence-corrected chi connectivity index (χ2v) is 4.23. The summed E-state index contributed by atoms with van der Waals surface area (Å²) in [5.41, 5.74) is 8.22. The van der Waals surface area contributed by atoms with Gasteiger partial charge >= 0.3 is 0 Å². The van der Waals surface area contributed by atoms with E-state index in [9.17, 15) is 0 Å². The van der Waals surface area contributed by atoms with E-state index >= 15 is 0 Å². The molecule has 0 saturated carbocycles. The highest BCUT2D eigenvalue weighted by molar-refractivity contribution is 5.98. The molecular formula is C15H16N2O. The SMILES string of the molecule is Cc1ccccc1Oc1c(C)cccc1C(=N)N. The van der Waals surface area contributed by atoms with Crippen molar-refractivity contribution in [1.82, 2.24) is 0 Å². The number of nitrogens with one attached hydrogen (secondary N) is 1. The molecule has 0 aromatic heterocycles. The Bertz CT molecular complexity index is 591. The number of nitrogens with two attached hydrogens (primary N) is 1. The summed E-state index contributed by atoms with van der Waals surface area (Å²) in [5, 5.41) is 7.59. The van der Waals surface area contributed by atoms with E-state index in [0.717, 1.165) is 16.9 Å². The molecule has 0 aliphatic carbocycles. The van der Waals surface area contributed by atoms with Gasteiger partial charge in [-0.3, -0.25) is 5.41 Å². The average molecular weight is 240 g/mol. The number of hydrogen-bond donors (Lipinski definition) is 2. The Morgan fingerprint density at radius 2 is 1.67 bits per heavy atom. The predicted molar refractivity (Wildman–Crippen MR) is 73.4 cm³/mol. The zero-order valence-electron chi connectivity index (χ0n) is 10.5. The maximum Gasteiger partial charge on any atom is 0.141 e. The fourth-order valence-electron chi connectivity index (χ4n) is 1.78. The van der Waals surface area contributed by atoms with Crippen molar-refractivity contribution >= 4 is 5.84 Å². The quantitative estimate of drug-likeness (QED) is 0.638. The van der Waals surface area contributed by atoms with Crippen molar-refractivity contribution < 1.29 is 4.74 Å². The van der Waals surface area contributed by atoms with Gasteiger partial charge in [-0.05, 0) is 37.1 Å². The predicted octanol–water partition coefficient (Wildman–Crippen LogP) is 3.38. The molecule has 92 valence electrons. The van der Waals surface area contributed by atoms with Gasteiger partial charge in [-0.1, -0.05) is 30.3 Å². The van der Waals surface area contributed by atoms with Crippen LogP contribution in [0.2, 0.25) is 0 Å². The molecule has 0 amide bonds. The smallest absolute Gasteiger partial charge is 0.141 e. The van der Waals surface area contributed by atoms with Gasteiger partial charge in [0.2, 0.25) is 0 Å². The van der Waals surface area contributed by atoms with E-state index in [2.05, 4.69) is 0 Å². The average Bonchev–Trinajstić information content (AvgIpc) is 2.34. The summed E-state index contributed by atoms with van der Waals surface area (Å²) in [6, 6.07) is 13.4. The van der Waals surface area contributed by atoms with Crippen LogP contribution in [0.25, 0.3) is 0 Å². The second-order valence-electron chi connectivity index (χ2n) is 4.23. The summed E-state index contributed by atoms with van der Waals surface area (Å²) in [5.74, 6) is 1.45. The minimum atomic E-state index is 0.0160. The summed E-state index contributed by atoms with van der Waals surface area (Å²) in [6.07, 6.45) is 0. The number of hydrogen-bond acceptors (Lipinski definition) is 2. The summed E-state index contributed by atoms with van der Waals surface area (Å²) in [7, 11) is 0. The van der Waals surface area contributed by atoms with Gasteiger partial charge in [0.25, 0.3) is 0 Å². The van der Waals surface area contributed by atoms with Crippen LogP contribution >= 0.6 is 0 Å². The van der Waals surface area contributed by atoms with E-state index in [-0.39, 0.29) is 5.84 Å². The summed E-state index contributed by atoms with van der Waals surface area (Å²) >= 11 is 0. The van der Waals surface area contributed by atoms with Crippen LogP contribution in [0.15, 0.2) is 42.5 Å². The maximum atomic E-state index is 7.59. The number of amidine groups is 1. The molecular weight excluding hydrogens is 224 g/mol. The van der Waals surface area contributed by atoms with E-state index < -0.39 is 0 Å². The van der Waals surface area contributed by atoms with Crippen molar-refractivity contribution in [3.63, 3.8) is 0 Å². The first-order chi connectivity index (χ1) is 8.59. The second kappa shape index (κ2) is 4.92. The van der Waals surface area contributed by atoms with Gasteiger partial charge < -0.3 is 10.5 Å². The normalized spacial score (nSPS) is 10.1. The number of nitrogen functional groups attached to an aromatic ring is 1. The third kappa shape index (κ3) is 2.35. The minimum absolute atomic E-state index is 0.0160. The third-order valence-corrected chi connectivity index (χ3v) is 2.81. The lowest BCUT2D eigenvalue weighted by Gasteiger charge is -2.14. The summed E-state index contributed by atoms with van der Waals surface area (Å²) < 4.78 is 5.91. The van der Waals surface area contributed by atoms with Gasteiger partial charge in [0, 0.05) is 0 Å². The molecule has 0 spiro atoms. The summed E-state index contributed by atoms with van der Waals surface area (Å²) in [4.78, 5) is 0. The van der Waals surface area contributed by atoms with E-state index in [1.54, 1.807) is 6.07 Å². The number of para-hydroxylation sites is 2. The van der Waals surface area contributed by atoms with Gasteiger partial charge in [0.1, 0.15) is 17.3 Å². The first-order valence-electron chi connectivity index (χ1n) is 5.77. The molecule has 2 aromatic rings. The Hall–Kier alpha value is -2.29. The molecule has 0 fully saturated rings. The molecule has 0 atom stereocenters. The van der Waals surface area contributed by atoms with Crippen LogP contribution in [0.1, 0.15) is 16.7 Å². The van der Waals surface area contributed by atoms with E-state index in [1.165, 1.54) is 0 Å². The Kier molecular flexibility index (Phi) is 3.33. The maximum absolute atomic E-state index is 7.59. The van der Waals surface area contributed by atoms with E-state index in [0.29, 0.717) is 11.3 Å². The lowest BCUT2D eigenvalue weighted by molar-refractivity contribution is 0.474. The van der Waals surface area contributed by atoms with Gasteiger partial charge in [-0.15, -0.1) is 0 Å². The molecule has 3 N–H and O–H groups in total. The van der Waals surface area contributed by atoms with Crippen LogP contribution < -0.4 is 10.5 Å². The molecule has 0 radical (unpaired) electrons. The highest BCUT2D eigenvalue weighted by atomic mass is 16.5. The molecule has 0 aliphatic rings. The zero-order chi connectivity index (χ0) is 13.1. The summed E-state index contributed by atoms with van der Waals surface area (Å²) in [6.45, 7) is 3.93. The third-order valence-electron chi connectivity index (χ3n) is 2.81. The standard InChI is InChI=1S/C15H16N2O/c1-10-6-3-4-9-13(10)18-14-11(2)7-5-8-12(14)15(16)17/h3-9H,1-2H3,(H3,16,17). The number of benzene rings is 2. The van der Waals surface area contributed by atoms with Crippen molar-refractivity contribution in [2.75, 3.05) is 0 Å². The van der Waals surface area contributed by atoms with Crippen LogP contribution in [-0.4, -0.2) is 5.84 Å². The van der Waals surface area contributed by atoms with Gasteiger partial charge in [0.05, 0.1) is 5.56 Å². The lowest BCUT2D eigenvalue weighted by Crippen LogP contribution is -2.12. The van der Waals surface area contributed by atoms with E-state index in [1.807, 2.05) is 50.2 Å². The van der Waals surface area contributed by atoms with Crippen molar-refractivity contribution in [1.29, 1.82) is 5.41 Å². The zero-order valence-corrected chi connectivity index (χ0v) is 10.5. The molecule has 2 aromatic carbocycles. The molecule has 18 heavy (non-hydrogen) atoms. The van der Waals surface area contributed by atoms with Gasteiger partial charge in [0.15, 0.2) is 0 Å². The topological polar surface area (TPSA) is 59.1 Å². The largest absolute Gasteiger partial charge is 0.456 e. The van der Waals surface area contributed by atoms with Crippen LogP contribution in [0, 0.1) is 19.3 Å². The van der Waals surface area contributed by atoms with Crippen molar-refractivity contribution in [2.24, 2.45) is 5.73 Å². The molecule has 0 heterocycles. The molecule has 0 saturated heterocycles. The minimum Gasteiger partial charge on any atom is -0.456 e. The first kappa shape index (κ1) is 12.2. The van der Waals surface area contributed by atoms with Crippen LogP contribution in [0.4, 0.5) is 0 Å². The van der Waals surface area contributed by atoms with Crippen LogP contribution in [0.5, 0.6) is 11.5 Å². The molecule has 0 bridgehead atoms. The number of ether oxygens (including phenoxy) is 1. The molecule has 0 unspecified atom stereocenters. The first-order valence-corrected chi connectivity index (χ1v) is 5.77. The Morgan fingerprint density at radius 3 is 2.33 bits per heavy atom. The Morgan fingerprint density at radius 1 is 1.00 bits per heavy atom. The van der Waals surface area contributed by atoms with Crippen LogP contribution in [0.3, 0.4) is 0 Å². The van der Waals surface area contributed by atoms with Gasteiger partial charge in [-0.25, -0.2) is 0 Å². The molecule has 2 rings (SSSR count). The van der Waals surface area contributed by atoms with Gasteiger partial charge in [-0.2, -0.15) is 0 Å². The number of aryl methyl sites for hydroxylation is 2. The van der Waals surface area contributed by atoms with E-state index in [4.69, 9.17) is 15.9 Å². The number of rotatable bonds is 3. The fourth-order valence-corrected chi connectivity index (χ4v) is 1.78. The van der Waals surface area contributed by atoms with Crippen molar-refractivity contribution in [3.8, 4) is 11.5 Å². The molecule has 3 nitrogen and oxygen atoms in total. The highest BCUT2D eigenvalue weighted by Crippen LogP contribution is 2.30. The Labute approximate surface area is 107 Å². The molecule has 3 heteroatoms. The highest BCUT2D eigenvalue weighted by Gasteiger charge is 2.11. The van der Waals surface area contributed by atoms with Crippen molar-refractivity contribution in [2.45, 2.75) is 13.8 Å². The van der Waals surface area contributed by atoms with Crippen LogP contribution in [-0.2, 0) is 0 Å². The van der Waals surface area contributed by atoms with Crippen molar-refractivity contribution in [3.05, 3.63) is 59.2 Å². The lowest BCUT2D eigenvalue weighted by atomic mass is 10.1. The molecule has 0 aliphatic heterocycles. The Balaban J connectivity index is 2.46.